The fourth-order valence-electron chi connectivity index (χ4n) is 0.169. The highest BCUT2D eigenvalue weighted by atomic mass is 127. The normalized spacial score (nSPS) is 10.3. The molecule has 0 rings (SSSR count). The van der Waals surface area contributed by atoms with Crippen LogP contribution in [-0.4, -0.2) is 23.8 Å². The summed E-state index contributed by atoms with van der Waals surface area (Å²) in [6, 6.07) is 0. The van der Waals surface area contributed by atoms with Crippen LogP contribution in [0, 0.1) is 0 Å². The Hall–Kier alpha value is 0.610. The van der Waals surface area contributed by atoms with Crippen molar-refractivity contribution in [1.82, 2.24) is 16.0 Å². The van der Waals surface area contributed by atoms with Gasteiger partial charge in [0, 0.05) is 14.1 Å². The standard InChI is InChI=1S/C3H10IN3/c1-5-7(2)6-3-4/h5-6H,3H2,1-2H3. The van der Waals surface area contributed by atoms with Gasteiger partial charge in [-0.1, -0.05) is 22.6 Å². The Labute approximate surface area is 57.5 Å². The second-order valence-electron chi connectivity index (χ2n) is 1.07. The van der Waals surface area contributed by atoms with Crippen LogP contribution in [-0.2, 0) is 0 Å². The maximum Gasteiger partial charge on any atom is 0.0634 e. The summed E-state index contributed by atoms with van der Waals surface area (Å²) in [6.07, 6.45) is 0. The number of alkyl halides is 1. The molecule has 3 nitrogen and oxygen atoms in total. The van der Waals surface area contributed by atoms with Gasteiger partial charge in [-0.25, -0.2) is 10.9 Å². The molecule has 0 atom stereocenters. The summed E-state index contributed by atoms with van der Waals surface area (Å²) in [5.41, 5.74) is 5.89. The molecular formula is C3H10IN3. The lowest BCUT2D eigenvalue weighted by Gasteiger charge is -2.12. The molecule has 4 heteroatoms. The van der Waals surface area contributed by atoms with E-state index < -0.39 is 0 Å². The lowest BCUT2D eigenvalue weighted by atomic mass is 11.3. The Bertz CT molecular complexity index is 41.2. The van der Waals surface area contributed by atoms with Gasteiger partial charge in [-0.05, 0) is 0 Å². The molecule has 44 valence electrons. The third-order valence-electron chi connectivity index (χ3n) is 0.632. The summed E-state index contributed by atoms with van der Waals surface area (Å²) in [5, 5.41) is 1.80. The third kappa shape index (κ3) is 4.46. The first kappa shape index (κ1) is 7.61. The van der Waals surface area contributed by atoms with Gasteiger partial charge in [-0.3, -0.25) is 0 Å². The first-order chi connectivity index (χ1) is 3.31. The molecule has 0 amide bonds. The molecule has 0 aliphatic rings. The summed E-state index contributed by atoms with van der Waals surface area (Å²) in [7, 11) is 3.78. The maximum atomic E-state index is 3.00. The van der Waals surface area contributed by atoms with E-state index in [9.17, 15) is 0 Å². The Morgan fingerprint density at radius 3 is 2.43 bits per heavy atom. The van der Waals surface area contributed by atoms with Crippen molar-refractivity contribution in [2.24, 2.45) is 0 Å². The molecule has 0 aromatic carbocycles. The third-order valence-corrected chi connectivity index (χ3v) is 0.973. The number of hydrazine groups is 2. The molecule has 0 saturated heterocycles. The van der Waals surface area contributed by atoms with E-state index in [-0.39, 0.29) is 0 Å². The summed E-state index contributed by atoms with van der Waals surface area (Å²) in [5.74, 6) is 0. The van der Waals surface area contributed by atoms with Crippen LogP contribution in [0.3, 0.4) is 0 Å². The van der Waals surface area contributed by atoms with Crippen LogP contribution < -0.4 is 10.9 Å². The van der Waals surface area contributed by atoms with Crippen molar-refractivity contribution in [1.29, 1.82) is 0 Å². The smallest absolute Gasteiger partial charge is 0.0634 e. The first-order valence-electron chi connectivity index (χ1n) is 2.02. The van der Waals surface area contributed by atoms with E-state index in [1.807, 2.05) is 14.1 Å². The van der Waals surface area contributed by atoms with Crippen LogP contribution in [0.1, 0.15) is 0 Å². The van der Waals surface area contributed by atoms with Gasteiger partial charge >= 0.3 is 0 Å². The highest BCUT2D eigenvalue weighted by Crippen LogP contribution is 1.72. The van der Waals surface area contributed by atoms with E-state index >= 15 is 0 Å². The number of nitrogens with one attached hydrogen (secondary N) is 2. The Kier molecular flexibility index (Phi) is 5.18. The van der Waals surface area contributed by atoms with Crippen LogP contribution in [0.2, 0.25) is 0 Å². The molecule has 0 aromatic heterocycles. The zero-order valence-electron chi connectivity index (χ0n) is 4.53. The molecular weight excluding hydrogens is 205 g/mol. The molecule has 0 heterocycles. The van der Waals surface area contributed by atoms with Gasteiger partial charge in [0.05, 0.1) is 4.55 Å². The largest absolute Gasteiger partial charge is 0.245 e. The summed E-state index contributed by atoms with van der Waals surface area (Å²) in [4.78, 5) is 0. The van der Waals surface area contributed by atoms with Crippen LogP contribution >= 0.6 is 22.6 Å². The van der Waals surface area contributed by atoms with Gasteiger partial charge in [0.1, 0.15) is 0 Å². The van der Waals surface area contributed by atoms with Gasteiger partial charge < -0.3 is 0 Å². The molecule has 0 fully saturated rings. The van der Waals surface area contributed by atoms with Crippen LogP contribution in [0.25, 0.3) is 0 Å². The van der Waals surface area contributed by atoms with E-state index in [4.69, 9.17) is 0 Å². The minimum atomic E-state index is 0.926. The van der Waals surface area contributed by atoms with Crippen LogP contribution in [0.5, 0.6) is 0 Å². The minimum Gasteiger partial charge on any atom is -0.245 e. The zero-order valence-corrected chi connectivity index (χ0v) is 6.69. The predicted octanol–water partition coefficient (Wildman–Crippen LogP) is -0.0503. The average molecular weight is 215 g/mol. The van der Waals surface area contributed by atoms with Crippen molar-refractivity contribution >= 4 is 22.6 Å². The Morgan fingerprint density at radius 1 is 1.71 bits per heavy atom. The number of nitrogens with zero attached hydrogens (tertiary/aromatic N) is 1. The molecule has 7 heavy (non-hydrogen) atoms. The van der Waals surface area contributed by atoms with E-state index in [1.54, 1.807) is 5.12 Å². The van der Waals surface area contributed by atoms with E-state index in [0.717, 1.165) is 4.55 Å². The van der Waals surface area contributed by atoms with Gasteiger partial charge in [-0.15, -0.1) is 0 Å². The van der Waals surface area contributed by atoms with Gasteiger partial charge in [-0.2, -0.15) is 5.12 Å². The molecule has 0 saturated carbocycles. The predicted molar refractivity (Wildman–Crippen MR) is 38.8 cm³/mol. The number of hydrogen-bond acceptors (Lipinski definition) is 3. The minimum absolute atomic E-state index is 0.926. The van der Waals surface area contributed by atoms with Gasteiger partial charge in [0.25, 0.3) is 0 Å². The molecule has 0 aliphatic heterocycles. The molecule has 0 bridgehead atoms. The van der Waals surface area contributed by atoms with Crippen LogP contribution in [0.15, 0.2) is 0 Å². The molecule has 2 N–H and O–H groups in total. The lowest BCUT2D eigenvalue weighted by Crippen LogP contribution is -2.41. The lowest BCUT2D eigenvalue weighted by molar-refractivity contribution is 0.190. The molecule has 0 aliphatic carbocycles. The fourth-order valence-corrected chi connectivity index (χ4v) is 0.680. The SMILES string of the molecule is CNN(C)NCI. The second-order valence-corrected chi connectivity index (χ2v) is 1.84. The average Bonchev–Trinajstić information content (AvgIpc) is 1.68. The number of halogens is 1. The van der Waals surface area contributed by atoms with Crippen LogP contribution in [0.4, 0.5) is 0 Å². The first-order valence-corrected chi connectivity index (χ1v) is 3.54. The second kappa shape index (κ2) is 4.76. The molecule has 0 radical (unpaired) electrons. The van der Waals surface area contributed by atoms with E-state index in [1.165, 1.54) is 0 Å². The van der Waals surface area contributed by atoms with Crippen molar-refractivity contribution in [3.8, 4) is 0 Å². The van der Waals surface area contributed by atoms with E-state index in [2.05, 4.69) is 33.4 Å². The highest BCUT2D eigenvalue weighted by Gasteiger charge is 1.83. The molecule has 0 unspecified atom stereocenters. The Morgan fingerprint density at radius 2 is 2.29 bits per heavy atom. The van der Waals surface area contributed by atoms with E-state index in [0.29, 0.717) is 0 Å². The van der Waals surface area contributed by atoms with Crippen molar-refractivity contribution in [2.45, 2.75) is 0 Å². The topological polar surface area (TPSA) is 27.3 Å². The van der Waals surface area contributed by atoms with Crippen molar-refractivity contribution in [3.63, 3.8) is 0 Å². The Balaban J connectivity index is 2.83. The summed E-state index contributed by atoms with van der Waals surface area (Å²) < 4.78 is 0.926. The van der Waals surface area contributed by atoms with Crippen molar-refractivity contribution < 1.29 is 0 Å². The van der Waals surface area contributed by atoms with Crippen molar-refractivity contribution in [2.75, 3.05) is 18.6 Å². The highest BCUT2D eigenvalue weighted by molar-refractivity contribution is 14.1. The number of rotatable bonds is 3. The fraction of sp³-hybridized carbons (Fsp3) is 1.00. The van der Waals surface area contributed by atoms with Crippen molar-refractivity contribution in [3.05, 3.63) is 0 Å². The maximum absolute atomic E-state index is 3.00. The van der Waals surface area contributed by atoms with Gasteiger partial charge in [0.2, 0.25) is 0 Å². The number of hydrogen-bond donors (Lipinski definition) is 2. The van der Waals surface area contributed by atoms with Gasteiger partial charge in [0.15, 0.2) is 0 Å². The summed E-state index contributed by atoms with van der Waals surface area (Å²) in [6.45, 7) is 0. The quantitative estimate of drug-likeness (QED) is 0.299. The molecule has 0 aromatic rings. The zero-order chi connectivity index (χ0) is 5.70. The molecule has 0 spiro atoms. The monoisotopic (exact) mass is 215 g/mol. The summed E-state index contributed by atoms with van der Waals surface area (Å²) >= 11 is 2.23.